The van der Waals surface area contributed by atoms with Gasteiger partial charge in [0.05, 0.1) is 5.92 Å². The molecule has 182 valence electrons. The Morgan fingerprint density at radius 3 is 2.29 bits per heavy atom. The van der Waals surface area contributed by atoms with Crippen LogP contribution < -0.4 is 5.32 Å². The molecule has 2 fully saturated rings. The second-order valence-corrected chi connectivity index (χ2v) is 9.89. The van der Waals surface area contributed by atoms with Crippen LogP contribution in [0.15, 0.2) is 61.2 Å². The summed E-state index contributed by atoms with van der Waals surface area (Å²) in [7, 11) is 0. The maximum absolute atomic E-state index is 13.1. The summed E-state index contributed by atoms with van der Waals surface area (Å²) in [5.41, 5.74) is 3.69. The van der Waals surface area contributed by atoms with Crippen LogP contribution in [-0.2, 0) is 14.3 Å². The van der Waals surface area contributed by atoms with Crippen LogP contribution in [0.4, 0.5) is 4.79 Å². The van der Waals surface area contributed by atoms with Gasteiger partial charge < -0.3 is 20.1 Å². The lowest BCUT2D eigenvalue weighted by atomic mass is 9.76. The Labute approximate surface area is 204 Å². The summed E-state index contributed by atoms with van der Waals surface area (Å²) in [6.45, 7) is 4.23. The van der Waals surface area contributed by atoms with Gasteiger partial charge in [-0.3, -0.25) is 9.59 Å². The molecule has 7 heteroatoms. The first-order chi connectivity index (χ1) is 16.9. The van der Waals surface area contributed by atoms with E-state index >= 15 is 0 Å². The molecule has 1 saturated carbocycles. The summed E-state index contributed by atoms with van der Waals surface area (Å²) in [4.78, 5) is 39.1. The fraction of sp³-hybridized carbons (Fsp3) is 0.393. The smallest absolute Gasteiger partial charge is 0.407 e. The number of nitrogens with zero attached hydrogens (tertiary/aromatic N) is 1. The fourth-order valence-electron chi connectivity index (χ4n) is 5.92. The molecule has 7 nitrogen and oxygen atoms in total. The van der Waals surface area contributed by atoms with E-state index in [4.69, 9.17) is 4.74 Å². The minimum atomic E-state index is -0.939. The van der Waals surface area contributed by atoms with Crippen LogP contribution in [0.1, 0.15) is 42.7 Å². The molecule has 1 aliphatic heterocycles. The zero-order valence-corrected chi connectivity index (χ0v) is 19.6. The van der Waals surface area contributed by atoms with E-state index in [1.165, 1.54) is 11.1 Å². The minimum Gasteiger partial charge on any atom is -0.481 e. The molecule has 1 heterocycles. The molecule has 2 amide bonds. The predicted octanol–water partition coefficient (Wildman–Crippen LogP) is 4.18. The second-order valence-electron chi connectivity index (χ2n) is 9.89. The summed E-state index contributed by atoms with van der Waals surface area (Å²) in [6, 6.07) is 16.0. The second kappa shape index (κ2) is 9.21. The van der Waals surface area contributed by atoms with Gasteiger partial charge in [0.15, 0.2) is 0 Å². The molecule has 3 aliphatic rings. The molecule has 2 atom stereocenters. The minimum absolute atomic E-state index is 0.0238. The van der Waals surface area contributed by atoms with Gasteiger partial charge in [-0.05, 0) is 41.5 Å². The van der Waals surface area contributed by atoms with E-state index in [1.807, 2.05) is 24.3 Å². The number of carboxylic acids is 1. The Kier molecular flexibility index (Phi) is 6.09. The van der Waals surface area contributed by atoms with Gasteiger partial charge in [0, 0.05) is 25.0 Å². The summed E-state index contributed by atoms with van der Waals surface area (Å²) in [5.74, 6) is -1.37. The topological polar surface area (TPSA) is 95.9 Å². The van der Waals surface area contributed by atoms with Crippen LogP contribution in [0.5, 0.6) is 0 Å². The number of ether oxygens (including phenoxy) is 1. The lowest BCUT2D eigenvalue weighted by molar-refractivity contribution is -0.167. The zero-order chi connectivity index (χ0) is 24.6. The number of benzene rings is 2. The predicted molar refractivity (Wildman–Crippen MR) is 131 cm³/mol. The van der Waals surface area contributed by atoms with Crippen molar-refractivity contribution in [2.75, 3.05) is 19.7 Å². The maximum Gasteiger partial charge on any atom is 0.407 e. The van der Waals surface area contributed by atoms with Gasteiger partial charge in [0.2, 0.25) is 5.91 Å². The van der Waals surface area contributed by atoms with Gasteiger partial charge in [0.1, 0.15) is 12.0 Å². The number of carbonyl (C=O) groups excluding carboxylic acids is 2. The number of aliphatic carboxylic acids is 1. The normalized spacial score (nSPS) is 22.0. The van der Waals surface area contributed by atoms with E-state index in [9.17, 15) is 19.5 Å². The third kappa shape index (κ3) is 4.09. The van der Waals surface area contributed by atoms with E-state index in [1.54, 1.807) is 11.0 Å². The molecule has 2 aromatic carbocycles. The Hall–Kier alpha value is -3.61. The average Bonchev–Trinajstić information content (AvgIpc) is 3.41. The Bertz CT molecular complexity index is 1120. The Balaban J connectivity index is 1.19. The van der Waals surface area contributed by atoms with Crippen LogP contribution in [0, 0.1) is 11.3 Å². The first kappa shape index (κ1) is 23.1. The standard InChI is InChI=1S/C28H30N2O5/c1-2-14-28(26(32)33)16-30(17-28)25(31)22-12-7-13-24(22)29-27(34)35-15-23-20-10-5-3-8-18(20)19-9-4-6-11-21(19)23/h2-6,8-11,22-24H,1,7,12-17H2,(H,29,34)(H,32,33). The number of carboxylic acid groups (broad SMARTS) is 1. The molecule has 2 unspecified atom stereocenters. The number of hydrogen-bond acceptors (Lipinski definition) is 4. The highest BCUT2D eigenvalue weighted by Crippen LogP contribution is 2.44. The summed E-state index contributed by atoms with van der Waals surface area (Å²) in [6.07, 6.45) is 3.60. The Morgan fingerprint density at radius 1 is 1.06 bits per heavy atom. The third-order valence-electron chi connectivity index (χ3n) is 7.77. The number of alkyl carbamates (subject to hydrolysis) is 1. The van der Waals surface area contributed by atoms with E-state index in [0.717, 1.165) is 17.5 Å². The molecule has 2 aliphatic carbocycles. The van der Waals surface area contributed by atoms with Gasteiger partial charge in [-0.25, -0.2) is 4.79 Å². The van der Waals surface area contributed by atoms with E-state index in [-0.39, 0.29) is 43.5 Å². The number of fused-ring (bicyclic) bond motifs is 3. The van der Waals surface area contributed by atoms with Crippen LogP contribution in [0.25, 0.3) is 11.1 Å². The molecule has 5 rings (SSSR count). The largest absolute Gasteiger partial charge is 0.481 e. The fourth-order valence-corrected chi connectivity index (χ4v) is 5.92. The van der Waals surface area contributed by atoms with Crippen molar-refractivity contribution in [3.63, 3.8) is 0 Å². The third-order valence-corrected chi connectivity index (χ3v) is 7.77. The highest BCUT2D eigenvalue weighted by molar-refractivity contribution is 5.86. The lowest BCUT2D eigenvalue weighted by Crippen LogP contribution is -2.63. The van der Waals surface area contributed by atoms with Gasteiger partial charge in [-0.2, -0.15) is 0 Å². The number of nitrogens with one attached hydrogen (secondary N) is 1. The number of likely N-dealkylation sites (tertiary alicyclic amines) is 1. The monoisotopic (exact) mass is 474 g/mol. The molecule has 0 bridgehead atoms. The van der Waals surface area contributed by atoms with Crippen molar-refractivity contribution in [3.8, 4) is 11.1 Å². The number of rotatable bonds is 7. The van der Waals surface area contributed by atoms with Crippen LogP contribution in [0.2, 0.25) is 0 Å². The molecule has 1 saturated heterocycles. The summed E-state index contributed by atoms with van der Waals surface area (Å²) in [5, 5.41) is 12.5. The molecule has 2 N–H and O–H groups in total. The maximum atomic E-state index is 13.1. The first-order valence-corrected chi connectivity index (χ1v) is 12.2. The number of hydrogen-bond donors (Lipinski definition) is 2. The Morgan fingerprint density at radius 2 is 1.69 bits per heavy atom. The molecule has 35 heavy (non-hydrogen) atoms. The van der Waals surface area contributed by atoms with E-state index in [2.05, 4.69) is 36.2 Å². The molecule has 0 aromatic heterocycles. The van der Waals surface area contributed by atoms with Crippen LogP contribution in [0.3, 0.4) is 0 Å². The highest BCUT2D eigenvalue weighted by Gasteiger charge is 2.52. The van der Waals surface area contributed by atoms with Gasteiger partial charge in [0.25, 0.3) is 0 Å². The summed E-state index contributed by atoms with van der Waals surface area (Å²) >= 11 is 0. The number of allylic oxidation sites excluding steroid dienone is 1. The zero-order valence-electron chi connectivity index (χ0n) is 19.6. The van der Waals surface area contributed by atoms with Crippen molar-refractivity contribution >= 4 is 18.0 Å². The van der Waals surface area contributed by atoms with Crippen molar-refractivity contribution in [2.24, 2.45) is 11.3 Å². The van der Waals surface area contributed by atoms with Gasteiger partial charge >= 0.3 is 12.1 Å². The molecular formula is C28H30N2O5. The van der Waals surface area contributed by atoms with Gasteiger partial charge in [-0.15, -0.1) is 6.58 Å². The van der Waals surface area contributed by atoms with Crippen molar-refractivity contribution in [1.29, 1.82) is 0 Å². The van der Waals surface area contributed by atoms with Crippen molar-refractivity contribution < 1.29 is 24.2 Å². The van der Waals surface area contributed by atoms with Gasteiger partial charge in [-0.1, -0.05) is 61.0 Å². The van der Waals surface area contributed by atoms with Crippen molar-refractivity contribution in [3.05, 3.63) is 72.3 Å². The lowest BCUT2D eigenvalue weighted by Gasteiger charge is -2.48. The number of carbonyl (C=O) groups is 3. The highest BCUT2D eigenvalue weighted by atomic mass is 16.5. The first-order valence-electron chi connectivity index (χ1n) is 12.2. The average molecular weight is 475 g/mol. The van der Waals surface area contributed by atoms with Crippen molar-refractivity contribution in [1.82, 2.24) is 10.2 Å². The van der Waals surface area contributed by atoms with E-state index < -0.39 is 17.5 Å². The summed E-state index contributed by atoms with van der Waals surface area (Å²) < 4.78 is 5.66. The molecule has 2 aromatic rings. The SMILES string of the molecule is C=CCC1(C(=O)O)CN(C(=O)C2CCCC2NC(=O)OCC2c3ccccc3-c3ccccc32)C1. The molecule has 0 spiro atoms. The van der Waals surface area contributed by atoms with Crippen LogP contribution >= 0.6 is 0 Å². The number of amides is 2. The molecular weight excluding hydrogens is 444 g/mol. The molecule has 0 radical (unpaired) electrons. The van der Waals surface area contributed by atoms with E-state index in [0.29, 0.717) is 19.3 Å². The van der Waals surface area contributed by atoms with Crippen molar-refractivity contribution in [2.45, 2.75) is 37.6 Å². The quantitative estimate of drug-likeness (QED) is 0.587. The van der Waals surface area contributed by atoms with Crippen LogP contribution in [-0.4, -0.2) is 53.7 Å².